The second-order valence-electron chi connectivity index (χ2n) is 6.53. The number of pyridine rings is 2. The lowest BCUT2D eigenvalue weighted by Gasteiger charge is -2.25. The number of oxazole rings is 1. The van der Waals surface area contributed by atoms with Crippen molar-refractivity contribution in [3.05, 3.63) is 60.1 Å². The molecule has 8 nitrogen and oxygen atoms in total. The molecule has 8 heteroatoms. The molecule has 5 heterocycles. The molecular formula is C19H16N6O2. The molecule has 0 atom stereocenters. The maximum absolute atomic E-state index is 12.9. The Labute approximate surface area is 154 Å². The van der Waals surface area contributed by atoms with Crippen LogP contribution in [0.15, 0.2) is 47.5 Å². The van der Waals surface area contributed by atoms with E-state index >= 15 is 0 Å². The molecule has 0 spiro atoms. The van der Waals surface area contributed by atoms with Gasteiger partial charge in [-0.3, -0.25) is 9.78 Å². The minimum absolute atomic E-state index is 0.0772. The molecule has 0 aliphatic carbocycles. The summed E-state index contributed by atoms with van der Waals surface area (Å²) in [6.07, 6.45) is 7.35. The van der Waals surface area contributed by atoms with E-state index in [4.69, 9.17) is 4.42 Å². The van der Waals surface area contributed by atoms with E-state index in [0.29, 0.717) is 36.5 Å². The number of hydrogen-bond acceptors (Lipinski definition) is 6. The van der Waals surface area contributed by atoms with Gasteiger partial charge in [-0.05, 0) is 18.2 Å². The molecular weight excluding hydrogens is 344 g/mol. The topological polar surface area (TPSA) is 89.9 Å². The van der Waals surface area contributed by atoms with Gasteiger partial charge in [-0.1, -0.05) is 0 Å². The zero-order valence-corrected chi connectivity index (χ0v) is 14.7. The summed E-state index contributed by atoms with van der Waals surface area (Å²) >= 11 is 0. The third kappa shape index (κ3) is 2.66. The molecule has 134 valence electrons. The zero-order chi connectivity index (χ0) is 18.4. The van der Waals surface area contributed by atoms with Crippen LogP contribution in [-0.4, -0.2) is 41.9 Å². The van der Waals surface area contributed by atoms with Gasteiger partial charge in [-0.15, -0.1) is 0 Å². The lowest BCUT2D eigenvalue weighted by Crippen LogP contribution is -2.35. The first-order valence-corrected chi connectivity index (χ1v) is 8.64. The van der Waals surface area contributed by atoms with E-state index in [-0.39, 0.29) is 5.91 Å². The summed E-state index contributed by atoms with van der Waals surface area (Å²) in [5.41, 5.74) is 3.61. The first kappa shape index (κ1) is 15.7. The molecule has 0 aromatic carbocycles. The number of aryl methyl sites for hydroxylation is 1. The standard InChI is InChI=1S/C19H16N6O2/c1-24-11-22-14-7-13(9-21-17(14)24)19(26)25-6-4-16-15(10-25)23-18(27-16)12-3-2-5-20-8-12/h2-3,5,7-9,11H,4,6,10H2,1H3. The van der Waals surface area contributed by atoms with Gasteiger partial charge < -0.3 is 13.9 Å². The number of aromatic nitrogens is 5. The Bertz CT molecular complexity index is 1150. The molecule has 0 saturated heterocycles. The van der Waals surface area contributed by atoms with Crippen LogP contribution in [-0.2, 0) is 20.0 Å². The third-order valence-electron chi connectivity index (χ3n) is 4.72. The van der Waals surface area contributed by atoms with Gasteiger partial charge in [0.1, 0.15) is 17.0 Å². The van der Waals surface area contributed by atoms with Crippen LogP contribution in [0.3, 0.4) is 0 Å². The molecule has 0 radical (unpaired) electrons. The van der Waals surface area contributed by atoms with Crippen molar-refractivity contribution >= 4 is 17.1 Å². The van der Waals surface area contributed by atoms with E-state index in [1.165, 1.54) is 0 Å². The number of amides is 1. The molecule has 0 bridgehead atoms. The number of fused-ring (bicyclic) bond motifs is 2. The van der Waals surface area contributed by atoms with Gasteiger partial charge in [-0.2, -0.15) is 0 Å². The van der Waals surface area contributed by atoms with E-state index in [1.54, 1.807) is 35.9 Å². The smallest absolute Gasteiger partial charge is 0.255 e. The summed E-state index contributed by atoms with van der Waals surface area (Å²) < 4.78 is 7.70. The van der Waals surface area contributed by atoms with Crippen molar-refractivity contribution in [2.24, 2.45) is 7.05 Å². The van der Waals surface area contributed by atoms with Crippen molar-refractivity contribution in [2.45, 2.75) is 13.0 Å². The highest BCUT2D eigenvalue weighted by Crippen LogP contribution is 2.26. The number of rotatable bonds is 2. The predicted molar refractivity (Wildman–Crippen MR) is 96.7 cm³/mol. The van der Waals surface area contributed by atoms with Crippen molar-refractivity contribution in [1.29, 1.82) is 0 Å². The fraction of sp³-hybridized carbons (Fsp3) is 0.211. The van der Waals surface area contributed by atoms with Crippen molar-refractivity contribution in [1.82, 2.24) is 29.4 Å². The van der Waals surface area contributed by atoms with Gasteiger partial charge in [0, 0.05) is 38.6 Å². The summed E-state index contributed by atoms with van der Waals surface area (Å²) in [5, 5.41) is 0. The zero-order valence-electron chi connectivity index (χ0n) is 14.7. The Morgan fingerprint density at radius 2 is 2.19 bits per heavy atom. The monoisotopic (exact) mass is 360 g/mol. The van der Waals surface area contributed by atoms with Crippen LogP contribution in [0, 0.1) is 0 Å². The number of imidazole rings is 1. The van der Waals surface area contributed by atoms with Crippen LogP contribution in [0.25, 0.3) is 22.6 Å². The molecule has 1 aliphatic rings. The van der Waals surface area contributed by atoms with Crippen LogP contribution in [0.2, 0.25) is 0 Å². The second kappa shape index (κ2) is 6.01. The summed E-state index contributed by atoms with van der Waals surface area (Å²) in [7, 11) is 1.88. The fourth-order valence-electron chi connectivity index (χ4n) is 3.30. The van der Waals surface area contributed by atoms with Crippen LogP contribution in [0.4, 0.5) is 0 Å². The van der Waals surface area contributed by atoms with Gasteiger partial charge in [-0.25, -0.2) is 15.0 Å². The van der Waals surface area contributed by atoms with E-state index in [0.717, 1.165) is 22.7 Å². The van der Waals surface area contributed by atoms with E-state index in [9.17, 15) is 4.79 Å². The highest BCUT2D eigenvalue weighted by Gasteiger charge is 2.27. The highest BCUT2D eigenvalue weighted by molar-refractivity contribution is 5.96. The molecule has 0 saturated carbocycles. The quantitative estimate of drug-likeness (QED) is 0.544. The molecule has 5 rings (SSSR count). The summed E-state index contributed by atoms with van der Waals surface area (Å²) in [5.74, 6) is 1.29. The SMILES string of the molecule is Cn1cnc2cc(C(=O)N3CCc4oc(-c5cccnc5)nc4C3)cnc21. The van der Waals surface area contributed by atoms with E-state index in [1.807, 2.05) is 23.7 Å². The molecule has 27 heavy (non-hydrogen) atoms. The summed E-state index contributed by atoms with van der Waals surface area (Å²) in [4.78, 5) is 32.0. The molecule has 1 aliphatic heterocycles. The molecule has 4 aromatic rings. The number of carbonyl (C=O) groups excluding carboxylic acids is 1. The molecule has 0 unspecified atom stereocenters. The van der Waals surface area contributed by atoms with Crippen molar-refractivity contribution < 1.29 is 9.21 Å². The maximum atomic E-state index is 12.9. The Hall–Kier alpha value is -3.55. The highest BCUT2D eigenvalue weighted by atomic mass is 16.4. The lowest BCUT2D eigenvalue weighted by molar-refractivity contribution is 0.0727. The number of nitrogens with zero attached hydrogens (tertiary/aromatic N) is 6. The molecule has 0 fully saturated rings. The second-order valence-corrected chi connectivity index (χ2v) is 6.53. The molecule has 0 N–H and O–H groups in total. The summed E-state index contributed by atoms with van der Waals surface area (Å²) in [6, 6.07) is 5.53. The molecule has 4 aromatic heterocycles. The Kier molecular flexibility index (Phi) is 3.49. The Morgan fingerprint density at radius 1 is 1.26 bits per heavy atom. The van der Waals surface area contributed by atoms with Gasteiger partial charge >= 0.3 is 0 Å². The fourth-order valence-corrected chi connectivity index (χ4v) is 3.30. The van der Waals surface area contributed by atoms with Gasteiger partial charge in [0.25, 0.3) is 5.91 Å². The lowest BCUT2D eigenvalue weighted by atomic mass is 10.1. The average Bonchev–Trinajstić information content (AvgIpc) is 3.31. The molecule has 1 amide bonds. The van der Waals surface area contributed by atoms with Gasteiger partial charge in [0.05, 0.1) is 24.0 Å². The number of hydrogen-bond donors (Lipinski definition) is 0. The van der Waals surface area contributed by atoms with Gasteiger partial charge in [0.2, 0.25) is 5.89 Å². The van der Waals surface area contributed by atoms with Crippen molar-refractivity contribution in [3.63, 3.8) is 0 Å². The largest absolute Gasteiger partial charge is 0.441 e. The normalized spacial score (nSPS) is 13.7. The predicted octanol–water partition coefficient (Wildman–Crippen LogP) is 2.22. The first-order valence-electron chi connectivity index (χ1n) is 8.64. The van der Waals surface area contributed by atoms with Crippen LogP contribution >= 0.6 is 0 Å². The summed E-state index contributed by atoms with van der Waals surface area (Å²) in [6.45, 7) is 0.992. The van der Waals surface area contributed by atoms with Crippen LogP contribution in [0.1, 0.15) is 21.8 Å². The van der Waals surface area contributed by atoms with Crippen molar-refractivity contribution in [2.75, 3.05) is 6.54 Å². The van der Waals surface area contributed by atoms with E-state index < -0.39 is 0 Å². The van der Waals surface area contributed by atoms with Crippen molar-refractivity contribution in [3.8, 4) is 11.5 Å². The third-order valence-corrected chi connectivity index (χ3v) is 4.72. The van der Waals surface area contributed by atoms with Crippen LogP contribution in [0.5, 0.6) is 0 Å². The minimum Gasteiger partial charge on any atom is -0.441 e. The van der Waals surface area contributed by atoms with Gasteiger partial charge in [0.15, 0.2) is 5.65 Å². The maximum Gasteiger partial charge on any atom is 0.255 e. The Morgan fingerprint density at radius 3 is 3.04 bits per heavy atom. The Balaban J connectivity index is 1.41. The minimum atomic E-state index is -0.0772. The number of carbonyl (C=O) groups is 1. The van der Waals surface area contributed by atoms with E-state index in [2.05, 4.69) is 19.9 Å². The first-order chi connectivity index (χ1) is 13.2. The average molecular weight is 360 g/mol. The van der Waals surface area contributed by atoms with Crippen LogP contribution < -0.4 is 0 Å².